The van der Waals surface area contributed by atoms with E-state index in [1.165, 1.54) is 5.56 Å². The summed E-state index contributed by atoms with van der Waals surface area (Å²) in [5.41, 5.74) is 4.11. The molecule has 0 spiro atoms. The van der Waals surface area contributed by atoms with Crippen molar-refractivity contribution in [2.45, 2.75) is 26.1 Å². The van der Waals surface area contributed by atoms with Crippen LogP contribution in [0.5, 0.6) is 0 Å². The molecule has 6 heteroatoms. The summed E-state index contributed by atoms with van der Waals surface area (Å²) in [6.07, 6.45) is 6.07. The standard InChI is InChI=1S/C20H20N4O2/c25-20(22-11-18-5-2-8-26-18)16-4-1-3-15(9-16)12-24-7-6-17-10-21-14-23-19(17)13-24/h1-5,8-10,14H,6-7,11-13H2,(H,22,25). The first-order valence-corrected chi connectivity index (χ1v) is 8.67. The summed E-state index contributed by atoms with van der Waals surface area (Å²) in [6.45, 7) is 2.96. The van der Waals surface area contributed by atoms with Crippen molar-refractivity contribution in [3.8, 4) is 0 Å². The van der Waals surface area contributed by atoms with Crippen LogP contribution in [0.2, 0.25) is 0 Å². The van der Waals surface area contributed by atoms with E-state index in [1.807, 2.05) is 36.5 Å². The quantitative estimate of drug-likeness (QED) is 0.767. The summed E-state index contributed by atoms with van der Waals surface area (Å²) in [5, 5.41) is 2.88. The van der Waals surface area contributed by atoms with Gasteiger partial charge in [0, 0.05) is 31.4 Å². The lowest BCUT2D eigenvalue weighted by Crippen LogP contribution is -2.31. The first-order valence-electron chi connectivity index (χ1n) is 8.67. The molecule has 2 aromatic heterocycles. The minimum Gasteiger partial charge on any atom is -0.467 e. The van der Waals surface area contributed by atoms with Crippen LogP contribution >= 0.6 is 0 Å². The zero-order chi connectivity index (χ0) is 17.8. The number of hydrogen-bond acceptors (Lipinski definition) is 5. The van der Waals surface area contributed by atoms with Crippen LogP contribution in [0.15, 0.2) is 59.6 Å². The number of aromatic nitrogens is 2. The molecule has 1 aliphatic rings. The molecule has 0 bridgehead atoms. The van der Waals surface area contributed by atoms with Crippen LogP contribution in [-0.2, 0) is 26.1 Å². The average Bonchev–Trinajstić information content (AvgIpc) is 3.20. The maximum absolute atomic E-state index is 12.4. The van der Waals surface area contributed by atoms with E-state index in [2.05, 4.69) is 26.3 Å². The zero-order valence-corrected chi connectivity index (χ0v) is 14.4. The van der Waals surface area contributed by atoms with Crippen LogP contribution in [0.25, 0.3) is 0 Å². The van der Waals surface area contributed by atoms with Crippen molar-refractivity contribution in [1.82, 2.24) is 20.2 Å². The Balaban J connectivity index is 1.39. The molecule has 4 rings (SSSR count). The molecule has 26 heavy (non-hydrogen) atoms. The smallest absolute Gasteiger partial charge is 0.251 e. The molecule has 132 valence electrons. The van der Waals surface area contributed by atoms with Crippen LogP contribution in [-0.4, -0.2) is 27.3 Å². The van der Waals surface area contributed by atoms with Crippen molar-refractivity contribution >= 4 is 5.91 Å². The highest BCUT2D eigenvalue weighted by Gasteiger charge is 2.17. The topological polar surface area (TPSA) is 71.3 Å². The second-order valence-corrected chi connectivity index (χ2v) is 6.42. The van der Waals surface area contributed by atoms with Gasteiger partial charge in [0.2, 0.25) is 0 Å². The van der Waals surface area contributed by atoms with Crippen LogP contribution in [0, 0.1) is 0 Å². The molecular formula is C20H20N4O2. The second kappa shape index (κ2) is 7.49. The summed E-state index contributed by atoms with van der Waals surface area (Å²) in [5.74, 6) is 0.642. The Kier molecular flexibility index (Phi) is 4.75. The highest BCUT2D eigenvalue weighted by molar-refractivity contribution is 5.94. The van der Waals surface area contributed by atoms with E-state index in [4.69, 9.17) is 4.42 Å². The number of benzene rings is 1. The van der Waals surface area contributed by atoms with Crippen molar-refractivity contribution in [2.75, 3.05) is 6.54 Å². The summed E-state index contributed by atoms with van der Waals surface area (Å²) in [7, 11) is 0. The van der Waals surface area contributed by atoms with Crippen molar-refractivity contribution < 1.29 is 9.21 Å². The van der Waals surface area contributed by atoms with Gasteiger partial charge in [0.1, 0.15) is 12.1 Å². The maximum atomic E-state index is 12.4. The van der Waals surface area contributed by atoms with Gasteiger partial charge in [-0.25, -0.2) is 9.97 Å². The number of carbonyl (C=O) groups is 1. The van der Waals surface area contributed by atoms with Gasteiger partial charge < -0.3 is 9.73 Å². The predicted octanol–water partition coefficient (Wildman–Crippen LogP) is 2.56. The van der Waals surface area contributed by atoms with E-state index in [0.717, 1.165) is 43.1 Å². The number of carbonyl (C=O) groups excluding carboxylic acids is 1. The van der Waals surface area contributed by atoms with Crippen LogP contribution in [0.4, 0.5) is 0 Å². The first-order chi connectivity index (χ1) is 12.8. The molecule has 0 saturated heterocycles. The average molecular weight is 348 g/mol. The molecule has 0 saturated carbocycles. The fraction of sp³-hybridized carbons (Fsp3) is 0.250. The van der Waals surface area contributed by atoms with Crippen LogP contribution < -0.4 is 5.32 Å². The third-order valence-corrected chi connectivity index (χ3v) is 4.55. The van der Waals surface area contributed by atoms with Gasteiger partial charge >= 0.3 is 0 Å². The van der Waals surface area contributed by atoms with Gasteiger partial charge in [0.15, 0.2) is 0 Å². The fourth-order valence-electron chi connectivity index (χ4n) is 3.19. The molecule has 0 atom stereocenters. The Hall–Kier alpha value is -2.99. The number of fused-ring (bicyclic) bond motifs is 1. The van der Waals surface area contributed by atoms with Crippen molar-refractivity contribution in [3.63, 3.8) is 0 Å². The summed E-state index contributed by atoms with van der Waals surface area (Å²) in [6, 6.07) is 11.4. The van der Waals surface area contributed by atoms with Gasteiger partial charge in [-0.05, 0) is 41.8 Å². The Bertz CT molecular complexity index is 892. The van der Waals surface area contributed by atoms with Gasteiger partial charge in [-0.3, -0.25) is 9.69 Å². The molecule has 3 aromatic rings. The van der Waals surface area contributed by atoms with Crippen molar-refractivity contribution in [2.24, 2.45) is 0 Å². The predicted molar refractivity (Wildman–Crippen MR) is 96.2 cm³/mol. The lowest BCUT2D eigenvalue weighted by atomic mass is 10.1. The molecule has 0 radical (unpaired) electrons. The maximum Gasteiger partial charge on any atom is 0.251 e. The number of nitrogens with one attached hydrogen (secondary N) is 1. The Labute approximate surface area is 151 Å². The van der Waals surface area contributed by atoms with E-state index in [1.54, 1.807) is 12.6 Å². The minimum atomic E-state index is -0.0972. The number of amides is 1. The third-order valence-electron chi connectivity index (χ3n) is 4.55. The molecule has 1 N–H and O–H groups in total. The van der Waals surface area contributed by atoms with E-state index in [-0.39, 0.29) is 5.91 Å². The monoisotopic (exact) mass is 348 g/mol. The first kappa shape index (κ1) is 16.5. The molecule has 3 heterocycles. The normalized spacial score (nSPS) is 14.0. The third kappa shape index (κ3) is 3.81. The van der Waals surface area contributed by atoms with Gasteiger partial charge in [-0.2, -0.15) is 0 Å². The molecule has 0 aliphatic carbocycles. The van der Waals surface area contributed by atoms with Gasteiger partial charge in [0.05, 0.1) is 18.5 Å². The van der Waals surface area contributed by atoms with Gasteiger partial charge in [-0.15, -0.1) is 0 Å². The van der Waals surface area contributed by atoms with E-state index < -0.39 is 0 Å². The van der Waals surface area contributed by atoms with Crippen LogP contribution in [0.1, 0.15) is 32.9 Å². The highest BCUT2D eigenvalue weighted by Crippen LogP contribution is 2.18. The SMILES string of the molecule is O=C(NCc1ccco1)c1cccc(CN2CCc3cncnc3C2)c1. The summed E-state index contributed by atoms with van der Waals surface area (Å²) in [4.78, 5) is 23.2. The molecular weight excluding hydrogens is 328 g/mol. The lowest BCUT2D eigenvalue weighted by Gasteiger charge is -2.27. The van der Waals surface area contributed by atoms with Gasteiger partial charge in [0.25, 0.3) is 5.91 Å². The summed E-state index contributed by atoms with van der Waals surface area (Å²) >= 11 is 0. The largest absolute Gasteiger partial charge is 0.467 e. The fourth-order valence-corrected chi connectivity index (χ4v) is 3.19. The van der Waals surface area contributed by atoms with E-state index in [0.29, 0.717) is 12.1 Å². The second-order valence-electron chi connectivity index (χ2n) is 6.42. The lowest BCUT2D eigenvalue weighted by molar-refractivity contribution is 0.0948. The van der Waals surface area contributed by atoms with E-state index >= 15 is 0 Å². The highest BCUT2D eigenvalue weighted by atomic mass is 16.3. The summed E-state index contributed by atoms with van der Waals surface area (Å²) < 4.78 is 5.24. The molecule has 0 unspecified atom stereocenters. The minimum absolute atomic E-state index is 0.0972. The Morgan fingerprint density at radius 1 is 1.27 bits per heavy atom. The van der Waals surface area contributed by atoms with Crippen molar-refractivity contribution in [1.29, 1.82) is 0 Å². The number of nitrogens with zero attached hydrogens (tertiary/aromatic N) is 3. The number of furan rings is 1. The van der Waals surface area contributed by atoms with E-state index in [9.17, 15) is 4.79 Å². The Morgan fingerprint density at radius 3 is 3.12 bits per heavy atom. The number of hydrogen-bond donors (Lipinski definition) is 1. The molecule has 1 aliphatic heterocycles. The van der Waals surface area contributed by atoms with Crippen LogP contribution in [0.3, 0.4) is 0 Å². The zero-order valence-electron chi connectivity index (χ0n) is 14.4. The molecule has 1 amide bonds. The number of rotatable bonds is 5. The van der Waals surface area contributed by atoms with Gasteiger partial charge in [-0.1, -0.05) is 12.1 Å². The van der Waals surface area contributed by atoms with Crippen molar-refractivity contribution in [3.05, 3.63) is 83.3 Å². The molecule has 1 aromatic carbocycles. The molecule has 0 fully saturated rings. The molecule has 6 nitrogen and oxygen atoms in total. The Morgan fingerprint density at radius 2 is 2.23 bits per heavy atom.